The van der Waals surface area contributed by atoms with Gasteiger partial charge in [-0.25, -0.2) is 4.98 Å². The third-order valence-corrected chi connectivity index (χ3v) is 6.42. The van der Waals surface area contributed by atoms with Crippen molar-refractivity contribution in [2.45, 2.75) is 32.3 Å². The smallest absolute Gasteiger partial charge is 0.310 e. The topological polar surface area (TPSA) is 98.2 Å². The lowest BCUT2D eigenvalue weighted by Crippen LogP contribution is -2.11. The number of hydrogen-bond acceptors (Lipinski definition) is 6. The minimum Gasteiger partial charge on any atom is -0.485 e. The minimum atomic E-state index is -0.319. The average Bonchev–Trinajstić information content (AvgIpc) is 3.27. The number of hydrogen-bond donors (Lipinski definition) is 1. The highest BCUT2D eigenvalue weighted by molar-refractivity contribution is 6.01. The van der Waals surface area contributed by atoms with Crippen LogP contribution in [0.15, 0.2) is 66.9 Å². The number of nitrogens with zero attached hydrogens (tertiary/aromatic N) is 2. The van der Waals surface area contributed by atoms with Crippen LogP contribution in [-0.4, -0.2) is 17.6 Å². The lowest BCUT2D eigenvalue weighted by atomic mass is 9.96. The first-order valence-electron chi connectivity index (χ1n) is 11.7. The quantitative estimate of drug-likeness (QED) is 0.378. The fraction of sp³-hybridized carbons (Fsp3) is 0.207. The van der Waals surface area contributed by atoms with Crippen molar-refractivity contribution in [3.8, 4) is 22.9 Å². The second-order valence-corrected chi connectivity index (χ2v) is 8.57. The van der Waals surface area contributed by atoms with Gasteiger partial charge in [-0.15, -0.1) is 0 Å². The second kappa shape index (κ2) is 9.47. The van der Waals surface area contributed by atoms with Crippen LogP contribution in [0.5, 0.6) is 5.75 Å². The molecule has 35 heavy (non-hydrogen) atoms. The number of pyridine rings is 1. The van der Waals surface area contributed by atoms with Crippen molar-refractivity contribution >= 4 is 22.6 Å². The van der Waals surface area contributed by atoms with Crippen LogP contribution < -0.4 is 10.5 Å². The third-order valence-electron chi connectivity index (χ3n) is 6.42. The Hall–Kier alpha value is -4.37. The molecule has 174 valence electrons. The molecule has 1 aromatic heterocycles. The molecule has 2 N–H and O–H groups in total. The number of nitriles is 1. The van der Waals surface area contributed by atoms with E-state index in [9.17, 15) is 10.1 Å². The van der Waals surface area contributed by atoms with E-state index in [0.29, 0.717) is 29.3 Å². The SMILES string of the molecule is CCOC(=O)Cc1ccc(C#N)cc1OC1CCc2ccc(-c3cccc4c(N)nccc34)cc21. The van der Waals surface area contributed by atoms with Gasteiger partial charge in [0.15, 0.2) is 0 Å². The average molecular weight is 464 g/mol. The Kier molecular flexibility index (Phi) is 6.07. The Morgan fingerprint density at radius 1 is 1.14 bits per heavy atom. The zero-order valence-electron chi connectivity index (χ0n) is 19.5. The molecule has 0 aliphatic heterocycles. The summed E-state index contributed by atoms with van der Waals surface area (Å²) in [6, 6.07) is 21.8. The molecular formula is C29H25N3O3. The molecule has 5 rings (SSSR count). The number of benzene rings is 3. The fourth-order valence-corrected chi connectivity index (χ4v) is 4.74. The Balaban J connectivity index is 1.50. The highest BCUT2D eigenvalue weighted by atomic mass is 16.5. The summed E-state index contributed by atoms with van der Waals surface area (Å²) in [5.41, 5.74) is 11.8. The molecule has 1 aliphatic rings. The summed E-state index contributed by atoms with van der Waals surface area (Å²) in [7, 11) is 0. The van der Waals surface area contributed by atoms with E-state index in [0.717, 1.165) is 40.3 Å². The Morgan fingerprint density at radius 2 is 2.03 bits per heavy atom. The number of aromatic nitrogens is 1. The lowest BCUT2D eigenvalue weighted by Gasteiger charge is -2.19. The van der Waals surface area contributed by atoms with Gasteiger partial charge in [-0.3, -0.25) is 4.79 Å². The number of carbonyl (C=O) groups excluding carboxylic acids is 1. The maximum atomic E-state index is 12.1. The van der Waals surface area contributed by atoms with Gasteiger partial charge in [0.25, 0.3) is 0 Å². The van der Waals surface area contributed by atoms with E-state index < -0.39 is 0 Å². The molecular weight excluding hydrogens is 438 g/mol. The number of aryl methyl sites for hydroxylation is 1. The van der Waals surface area contributed by atoms with Gasteiger partial charge in [-0.05, 0) is 71.7 Å². The fourth-order valence-electron chi connectivity index (χ4n) is 4.74. The van der Waals surface area contributed by atoms with E-state index in [1.807, 2.05) is 18.2 Å². The van der Waals surface area contributed by atoms with E-state index in [-0.39, 0.29) is 18.5 Å². The van der Waals surface area contributed by atoms with Crippen molar-refractivity contribution < 1.29 is 14.3 Å². The van der Waals surface area contributed by atoms with Gasteiger partial charge >= 0.3 is 5.97 Å². The maximum absolute atomic E-state index is 12.1. The van der Waals surface area contributed by atoms with E-state index in [2.05, 4.69) is 35.3 Å². The zero-order chi connectivity index (χ0) is 24.4. The summed E-state index contributed by atoms with van der Waals surface area (Å²) in [5, 5.41) is 11.4. The molecule has 0 spiro atoms. The molecule has 0 radical (unpaired) electrons. The number of nitrogen functional groups attached to an aromatic ring is 1. The number of nitrogens with two attached hydrogens (primary N) is 1. The molecule has 0 amide bonds. The van der Waals surface area contributed by atoms with Gasteiger partial charge in [-0.2, -0.15) is 5.26 Å². The summed E-state index contributed by atoms with van der Waals surface area (Å²) < 4.78 is 11.6. The zero-order valence-corrected chi connectivity index (χ0v) is 19.5. The van der Waals surface area contributed by atoms with Crippen molar-refractivity contribution in [1.29, 1.82) is 5.26 Å². The van der Waals surface area contributed by atoms with Crippen LogP contribution in [0, 0.1) is 11.3 Å². The van der Waals surface area contributed by atoms with Crippen LogP contribution in [0.25, 0.3) is 21.9 Å². The minimum absolute atomic E-state index is 0.0972. The number of carbonyl (C=O) groups is 1. The molecule has 1 atom stereocenters. The summed E-state index contributed by atoms with van der Waals surface area (Å²) in [6.45, 7) is 2.10. The molecule has 1 aliphatic carbocycles. The Labute approximate surface area is 203 Å². The summed E-state index contributed by atoms with van der Waals surface area (Å²) in [5.74, 6) is 0.739. The normalized spacial score (nSPS) is 14.3. The Morgan fingerprint density at radius 3 is 2.86 bits per heavy atom. The van der Waals surface area contributed by atoms with E-state index in [4.69, 9.17) is 15.2 Å². The third kappa shape index (κ3) is 4.41. The Bertz CT molecular complexity index is 1470. The van der Waals surface area contributed by atoms with Crippen molar-refractivity contribution in [3.63, 3.8) is 0 Å². The van der Waals surface area contributed by atoms with Gasteiger partial charge in [-0.1, -0.05) is 36.4 Å². The molecule has 3 aromatic carbocycles. The molecule has 0 bridgehead atoms. The predicted octanol–water partition coefficient (Wildman–Crippen LogP) is 5.53. The van der Waals surface area contributed by atoms with E-state index >= 15 is 0 Å². The van der Waals surface area contributed by atoms with Crippen molar-refractivity contribution in [3.05, 3.63) is 89.1 Å². The van der Waals surface area contributed by atoms with Gasteiger partial charge in [0.2, 0.25) is 0 Å². The highest BCUT2D eigenvalue weighted by Gasteiger charge is 2.26. The van der Waals surface area contributed by atoms with E-state index in [1.54, 1.807) is 31.3 Å². The van der Waals surface area contributed by atoms with Crippen LogP contribution in [-0.2, 0) is 22.4 Å². The molecule has 4 aromatic rings. The second-order valence-electron chi connectivity index (χ2n) is 8.57. The largest absolute Gasteiger partial charge is 0.485 e. The lowest BCUT2D eigenvalue weighted by molar-refractivity contribution is -0.142. The standard InChI is InChI=1S/C29H25N3O3/c1-2-34-28(33)16-21-7-6-18(17-30)14-27(21)35-26-11-10-19-8-9-20(15-25(19)26)22-4-3-5-24-23(22)12-13-32-29(24)31/h3-9,12-15,26H,2,10-11,16H2,1H3,(H2,31,32). The van der Waals surface area contributed by atoms with Gasteiger partial charge < -0.3 is 15.2 Å². The molecule has 6 heteroatoms. The molecule has 1 heterocycles. The number of esters is 1. The molecule has 0 fully saturated rings. The molecule has 0 saturated carbocycles. The van der Waals surface area contributed by atoms with Crippen molar-refractivity contribution in [1.82, 2.24) is 4.98 Å². The van der Waals surface area contributed by atoms with Crippen LogP contribution in [0.2, 0.25) is 0 Å². The van der Waals surface area contributed by atoms with E-state index in [1.165, 1.54) is 5.56 Å². The maximum Gasteiger partial charge on any atom is 0.310 e. The van der Waals surface area contributed by atoms with Crippen molar-refractivity contribution in [2.24, 2.45) is 0 Å². The number of anilines is 1. The first kappa shape index (κ1) is 22.4. The van der Waals surface area contributed by atoms with Crippen LogP contribution in [0.4, 0.5) is 5.82 Å². The van der Waals surface area contributed by atoms with Gasteiger partial charge in [0, 0.05) is 17.1 Å². The van der Waals surface area contributed by atoms with Gasteiger partial charge in [0.1, 0.15) is 17.7 Å². The molecule has 0 saturated heterocycles. The summed E-state index contributed by atoms with van der Waals surface area (Å²) in [6.07, 6.45) is 3.37. The predicted molar refractivity (Wildman–Crippen MR) is 135 cm³/mol. The number of rotatable bonds is 6. The first-order valence-corrected chi connectivity index (χ1v) is 11.7. The summed E-state index contributed by atoms with van der Waals surface area (Å²) in [4.78, 5) is 16.3. The number of ether oxygens (including phenoxy) is 2. The first-order chi connectivity index (χ1) is 17.1. The monoisotopic (exact) mass is 463 g/mol. The van der Waals surface area contributed by atoms with Crippen LogP contribution in [0.1, 0.15) is 41.7 Å². The number of fused-ring (bicyclic) bond motifs is 2. The van der Waals surface area contributed by atoms with Crippen LogP contribution >= 0.6 is 0 Å². The summed E-state index contributed by atoms with van der Waals surface area (Å²) >= 11 is 0. The molecule has 6 nitrogen and oxygen atoms in total. The highest BCUT2D eigenvalue weighted by Crippen LogP contribution is 2.40. The molecule has 1 unspecified atom stereocenters. The van der Waals surface area contributed by atoms with Gasteiger partial charge in [0.05, 0.1) is 24.7 Å². The van der Waals surface area contributed by atoms with Crippen molar-refractivity contribution in [2.75, 3.05) is 12.3 Å². The van der Waals surface area contributed by atoms with Crippen LogP contribution in [0.3, 0.4) is 0 Å².